The van der Waals surface area contributed by atoms with E-state index in [1.165, 1.54) is 11.2 Å². The maximum Gasteiger partial charge on any atom is 0.331 e. The van der Waals surface area contributed by atoms with Gasteiger partial charge < -0.3 is 21.4 Å². The number of carbonyl (C=O) groups is 2. The lowest BCUT2D eigenvalue weighted by molar-refractivity contribution is 0.241. The number of urea groups is 2. The summed E-state index contributed by atoms with van der Waals surface area (Å²) in [6.07, 6.45) is 4.74. The third kappa shape index (κ3) is 4.25. The van der Waals surface area contributed by atoms with E-state index in [0.29, 0.717) is 22.8 Å². The molecule has 2 aromatic rings. The van der Waals surface area contributed by atoms with Crippen molar-refractivity contribution in [3.05, 3.63) is 84.0 Å². The predicted molar refractivity (Wildman–Crippen MR) is 115 cm³/mol. The Balaban J connectivity index is 1.32. The largest absolute Gasteiger partial charge is 0.331 e. The zero-order chi connectivity index (χ0) is 20.9. The molecule has 0 aliphatic carbocycles. The Kier molecular flexibility index (Phi) is 5.33. The van der Waals surface area contributed by atoms with Crippen molar-refractivity contribution in [3.63, 3.8) is 0 Å². The molecule has 0 unspecified atom stereocenters. The lowest BCUT2D eigenvalue weighted by atomic mass is 10.1. The number of hydrogen-bond donors (Lipinski definition) is 5. The standard InChI is InChI=1S/C21H21N7O2/c1-14(15-5-3-2-4-6-15)24-20(29)25-16-7-9-17(10-8-16)26-21(30)28-13-22-11-18-19(28)12-23-27-18/h2-14,23,27H,1H3,(H,26,30)(H2,24,25,29)/t14-/m1/s1. The second kappa shape index (κ2) is 8.39. The number of nitrogens with one attached hydrogen (secondary N) is 5. The highest BCUT2D eigenvalue weighted by Gasteiger charge is 2.25. The molecular weight excluding hydrogens is 382 g/mol. The van der Waals surface area contributed by atoms with Gasteiger partial charge in [-0.15, -0.1) is 0 Å². The number of hydrazine groups is 1. The first-order valence-corrected chi connectivity index (χ1v) is 9.38. The molecule has 0 saturated carbocycles. The number of hydrogen-bond acceptors (Lipinski definition) is 5. The van der Waals surface area contributed by atoms with Crippen LogP contribution in [0.25, 0.3) is 0 Å². The molecule has 2 aliphatic heterocycles. The molecular formula is C21H21N7O2. The van der Waals surface area contributed by atoms with Crippen LogP contribution in [0.1, 0.15) is 18.5 Å². The van der Waals surface area contributed by atoms with Gasteiger partial charge in [0.1, 0.15) is 6.34 Å². The van der Waals surface area contributed by atoms with Crippen LogP contribution in [0.4, 0.5) is 21.0 Å². The van der Waals surface area contributed by atoms with Gasteiger partial charge in [0.15, 0.2) is 0 Å². The van der Waals surface area contributed by atoms with Crippen LogP contribution in [0, 0.1) is 0 Å². The first-order valence-electron chi connectivity index (χ1n) is 9.38. The normalized spacial score (nSPS) is 15.0. The zero-order valence-corrected chi connectivity index (χ0v) is 16.2. The maximum absolute atomic E-state index is 12.5. The Bertz CT molecular complexity index is 1030. The van der Waals surface area contributed by atoms with Gasteiger partial charge in [-0.25, -0.2) is 19.5 Å². The maximum atomic E-state index is 12.5. The smallest absolute Gasteiger partial charge is 0.331 e. The van der Waals surface area contributed by atoms with Crippen molar-refractivity contribution in [2.75, 3.05) is 10.6 Å². The minimum Gasteiger partial charge on any atom is -0.331 e. The molecule has 30 heavy (non-hydrogen) atoms. The minimum atomic E-state index is -0.351. The Morgan fingerprint density at radius 3 is 2.43 bits per heavy atom. The van der Waals surface area contributed by atoms with Crippen molar-refractivity contribution in [1.82, 2.24) is 21.1 Å². The van der Waals surface area contributed by atoms with Gasteiger partial charge in [-0.05, 0) is 36.8 Å². The molecule has 9 heteroatoms. The summed E-state index contributed by atoms with van der Waals surface area (Å²) in [5.74, 6) is 0. The summed E-state index contributed by atoms with van der Waals surface area (Å²) in [5, 5.41) is 8.48. The van der Waals surface area contributed by atoms with Crippen LogP contribution in [-0.2, 0) is 0 Å². The third-order valence-corrected chi connectivity index (χ3v) is 4.60. The molecule has 0 saturated heterocycles. The third-order valence-electron chi connectivity index (χ3n) is 4.60. The fraction of sp³-hybridized carbons (Fsp3) is 0.0952. The number of benzene rings is 2. The lowest BCUT2D eigenvalue weighted by Gasteiger charge is -2.21. The van der Waals surface area contributed by atoms with E-state index in [1.807, 2.05) is 37.3 Å². The molecule has 0 aromatic heterocycles. The molecule has 4 amide bonds. The second-order valence-electron chi connectivity index (χ2n) is 6.71. The molecule has 4 rings (SSSR count). The van der Waals surface area contributed by atoms with Crippen LogP contribution in [0.5, 0.6) is 0 Å². The topological polar surface area (TPSA) is 110 Å². The number of nitrogens with zero attached hydrogens (tertiary/aromatic N) is 2. The van der Waals surface area contributed by atoms with Crippen molar-refractivity contribution in [2.45, 2.75) is 13.0 Å². The van der Waals surface area contributed by atoms with Crippen molar-refractivity contribution < 1.29 is 9.59 Å². The monoisotopic (exact) mass is 403 g/mol. The van der Waals surface area contributed by atoms with E-state index in [4.69, 9.17) is 0 Å². The van der Waals surface area contributed by atoms with Gasteiger partial charge in [0, 0.05) is 17.6 Å². The van der Waals surface area contributed by atoms with Gasteiger partial charge in [-0.3, -0.25) is 5.43 Å². The van der Waals surface area contributed by atoms with E-state index in [1.54, 1.807) is 36.7 Å². The van der Waals surface area contributed by atoms with E-state index >= 15 is 0 Å². The van der Waals surface area contributed by atoms with E-state index < -0.39 is 0 Å². The fourth-order valence-electron chi connectivity index (χ4n) is 3.03. The van der Waals surface area contributed by atoms with Gasteiger partial charge in [0.05, 0.1) is 23.6 Å². The summed E-state index contributed by atoms with van der Waals surface area (Å²) >= 11 is 0. The number of aliphatic imine (C=N–C) groups is 1. The number of anilines is 2. The minimum absolute atomic E-state index is 0.121. The van der Waals surface area contributed by atoms with Gasteiger partial charge in [-0.1, -0.05) is 30.3 Å². The molecule has 152 valence electrons. The summed E-state index contributed by atoms with van der Waals surface area (Å²) in [7, 11) is 0. The molecule has 0 fully saturated rings. The summed E-state index contributed by atoms with van der Waals surface area (Å²) in [6.45, 7) is 1.92. The highest BCUT2D eigenvalue weighted by Crippen LogP contribution is 2.20. The lowest BCUT2D eigenvalue weighted by Crippen LogP contribution is -2.35. The average Bonchev–Trinajstić information content (AvgIpc) is 3.24. The fourth-order valence-corrected chi connectivity index (χ4v) is 3.03. The summed E-state index contributed by atoms with van der Waals surface area (Å²) in [6, 6.07) is 15.8. The van der Waals surface area contributed by atoms with E-state index in [-0.39, 0.29) is 18.1 Å². The molecule has 2 aromatic carbocycles. The van der Waals surface area contributed by atoms with Gasteiger partial charge in [0.25, 0.3) is 0 Å². The number of fused-ring (bicyclic) bond motifs is 1. The molecule has 2 aliphatic rings. The number of amides is 4. The van der Waals surface area contributed by atoms with Gasteiger partial charge in [0.2, 0.25) is 0 Å². The van der Waals surface area contributed by atoms with Crippen LogP contribution < -0.4 is 26.8 Å². The van der Waals surface area contributed by atoms with E-state index in [2.05, 4.69) is 31.8 Å². The van der Waals surface area contributed by atoms with Crippen LogP contribution in [-0.4, -0.2) is 23.3 Å². The molecule has 0 spiro atoms. The molecule has 2 heterocycles. The summed E-state index contributed by atoms with van der Waals surface area (Å²) in [5.41, 5.74) is 9.34. The number of rotatable bonds is 4. The van der Waals surface area contributed by atoms with Crippen LogP contribution in [0.3, 0.4) is 0 Å². The Hall–Kier alpha value is -4.27. The van der Waals surface area contributed by atoms with Crippen LogP contribution >= 0.6 is 0 Å². The second-order valence-corrected chi connectivity index (χ2v) is 6.71. The Morgan fingerprint density at radius 2 is 1.70 bits per heavy atom. The SMILES string of the molecule is C[C@@H](NC(=O)Nc1ccc(NC(=O)N2C=NC=C3NNC=C32)cc1)c1ccccc1. The van der Waals surface area contributed by atoms with Crippen molar-refractivity contribution >= 4 is 29.8 Å². The van der Waals surface area contributed by atoms with Crippen molar-refractivity contribution in [2.24, 2.45) is 4.99 Å². The Morgan fingerprint density at radius 1 is 1.00 bits per heavy atom. The average molecular weight is 403 g/mol. The predicted octanol–water partition coefficient (Wildman–Crippen LogP) is 3.24. The highest BCUT2D eigenvalue weighted by molar-refractivity contribution is 5.99. The highest BCUT2D eigenvalue weighted by atomic mass is 16.2. The van der Waals surface area contributed by atoms with Gasteiger partial charge in [-0.2, -0.15) is 0 Å². The Labute approximate surface area is 173 Å². The van der Waals surface area contributed by atoms with Crippen molar-refractivity contribution in [1.29, 1.82) is 0 Å². The first kappa shape index (κ1) is 19.1. The molecule has 0 radical (unpaired) electrons. The molecule has 9 nitrogen and oxygen atoms in total. The van der Waals surface area contributed by atoms with Crippen molar-refractivity contribution in [3.8, 4) is 0 Å². The molecule has 5 N–H and O–H groups in total. The quantitative estimate of drug-likeness (QED) is 0.540. The zero-order valence-electron chi connectivity index (χ0n) is 16.2. The van der Waals surface area contributed by atoms with E-state index in [0.717, 1.165) is 5.56 Å². The molecule has 1 atom stereocenters. The van der Waals surface area contributed by atoms with Gasteiger partial charge >= 0.3 is 12.1 Å². The van der Waals surface area contributed by atoms with Crippen LogP contribution in [0.15, 0.2) is 83.4 Å². The summed E-state index contributed by atoms with van der Waals surface area (Å²) < 4.78 is 0. The van der Waals surface area contributed by atoms with Crippen LogP contribution in [0.2, 0.25) is 0 Å². The summed E-state index contributed by atoms with van der Waals surface area (Å²) in [4.78, 5) is 30.2. The molecule has 0 bridgehead atoms. The van der Waals surface area contributed by atoms with E-state index in [9.17, 15) is 9.59 Å². The number of carbonyl (C=O) groups excluding carboxylic acids is 2. The first-order chi connectivity index (χ1) is 14.6.